The molecule has 1 unspecified atom stereocenters. The molecule has 0 amide bonds. The van der Waals surface area contributed by atoms with Crippen LogP contribution in [-0.4, -0.2) is 5.24 Å². The van der Waals surface area contributed by atoms with E-state index in [4.69, 9.17) is 11.6 Å². The molecule has 0 radical (unpaired) electrons. The normalized spacial score (nSPS) is 12.1. The van der Waals surface area contributed by atoms with Gasteiger partial charge in [0.2, 0.25) is 5.24 Å². The molecular weight excluding hydrogens is 251 g/mol. The fourth-order valence-electron chi connectivity index (χ4n) is 1.87. The van der Waals surface area contributed by atoms with Crippen molar-refractivity contribution in [3.05, 3.63) is 71.5 Å². The summed E-state index contributed by atoms with van der Waals surface area (Å²) in [6.07, 6.45) is 0.523. The SMILES string of the molecule is O=C(Cl)C(Cc1ccccc1)c1ccc(F)cc1. The van der Waals surface area contributed by atoms with Gasteiger partial charge in [-0.25, -0.2) is 4.39 Å². The van der Waals surface area contributed by atoms with Crippen LogP contribution in [0, 0.1) is 5.82 Å². The topological polar surface area (TPSA) is 17.1 Å². The molecule has 0 bridgehead atoms. The molecule has 2 aromatic rings. The van der Waals surface area contributed by atoms with Crippen molar-refractivity contribution in [2.45, 2.75) is 12.3 Å². The maximum atomic E-state index is 12.9. The van der Waals surface area contributed by atoms with Gasteiger partial charge in [-0.2, -0.15) is 0 Å². The van der Waals surface area contributed by atoms with Crippen LogP contribution in [0.5, 0.6) is 0 Å². The summed E-state index contributed by atoms with van der Waals surface area (Å²) < 4.78 is 12.9. The van der Waals surface area contributed by atoms with E-state index in [-0.39, 0.29) is 5.82 Å². The van der Waals surface area contributed by atoms with Crippen molar-refractivity contribution in [2.75, 3.05) is 0 Å². The molecule has 18 heavy (non-hydrogen) atoms. The Kier molecular flexibility index (Phi) is 4.11. The van der Waals surface area contributed by atoms with Crippen molar-refractivity contribution >= 4 is 16.8 Å². The van der Waals surface area contributed by atoms with Gasteiger partial charge in [-0.05, 0) is 41.3 Å². The maximum Gasteiger partial charge on any atom is 0.229 e. The highest BCUT2D eigenvalue weighted by Crippen LogP contribution is 2.23. The lowest BCUT2D eigenvalue weighted by molar-refractivity contribution is -0.113. The van der Waals surface area contributed by atoms with Gasteiger partial charge in [0.05, 0.1) is 5.92 Å². The third-order valence-electron chi connectivity index (χ3n) is 2.83. The summed E-state index contributed by atoms with van der Waals surface area (Å²) in [4.78, 5) is 11.5. The number of carbonyl (C=O) groups is 1. The number of hydrogen-bond acceptors (Lipinski definition) is 1. The van der Waals surface area contributed by atoms with Crippen LogP contribution in [0.1, 0.15) is 17.0 Å². The highest BCUT2D eigenvalue weighted by Gasteiger charge is 2.19. The zero-order valence-electron chi connectivity index (χ0n) is 9.64. The highest BCUT2D eigenvalue weighted by atomic mass is 35.5. The molecule has 0 aliphatic heterocycles. The average Bonchev–Trinajstić information content (AvgIpc) is 2.38. The largest absolute Gasteiger partial charge is 0.281 e. The van der Waals surface area contributed by atoms with Crippen LogP contribution in [0.4, 0.5) is 4.39 Å². The number of halogens is 2. The summed E-state index contributed by atoms with van der Waals surface area (Å²) in [5, 5.41) is -0.425. The molecule has 0 saturated heterocycles. The molecule has 92 valence electrons. The summed E-state index contributed by atoms with van der Waals surface area (Å²) >= 11 is 5.64. The van der Waals surface area contributed by atoms with Gasteiger partial charge in [0.25, 0.3) is 0 Å². The van der Waals surface area contributed by atoms with E-state index in [1.165, 1.54) is 12.1 Å². The summed E-state index contributed by atoms with van der Waals surface area (Å²) in [6.45, 7) is 0. The molecule has 0 aliphatic rings. The van der Waals surface area contributed by atoms with Crippen molar-refractivity contribution < 1.29 is 9.18 Å². The van der Waals surface area contributed by atoms with Crippen molar-refractivity contribution in [3.63, 3.8) is 0 Å². The predicted octanol–water partition coefficient (Wildman–Crippen LogP) is 3.92. The molecule has 0 aromatic heterocycles. The minimum Gasteiger partial charge on any atom is -0.281 e. The Bertz CT molecular complexity index is 522. The predicted molar refractivity (Wildman–Crippen MR) is 70.1 cm³/mol. The van der Waals surface area contributed by atoms with E-state index in [1.54, 1.807) is 12.1 Å². The smallest absolute Gasteiger partial charge is 0.229 e. The Labute approximate surface area is 110 Å². The van der Waals surface area contributed by atoms with Gasteiger partial charge < -0.3 is 0 Å². The quantitative estimate of drug-likeness (QED) is 0.764. The fraction of sp³-hybridized carbons (Fsp3) is 0.133. The Morgan fingerprint density at radius 3 is 2.22 bits per heavy atom. The van der Waals surface area contributed by atoms with Crippen molar-refractivity contribution in [1.82, 2.24) is 0 Å². The lowest BCUT2D eigenvalue weighted by atomic mass is 9.93. The van der Waals surface area contributed by atoms with Crippen molar-refractivity contribution in [3.8, 4) is 0 Å². The van der Waals surface area contributed by atoms with Gasteiger partial charge in [0.1, 0.15) is 5.82 Å². The Morgan fingerprint density at radius 2 is 1.67 bits per heavy atom. The summed E-state index contributed by atoms with van der Waals surface area (Å²) in [6, 6.07) is 15.5. The van der Waals surface area contributed by atoms with E-state index in [0.717, 1.165) is 11.1 Å². The van der Waals surface area contributed by atoms with E-state index in [0.29, 0.717) is 6.42 Å². The minimum atomic E-state index is -0.435. The molecule has 0 saturated carbocycles. The van der Waals surface area contributed by atoms with Crippen LogP contribution >= 0.6 is 11.6 Å². The first kappa shape index (κ1) is 12.8. The number of hydrogen-bond donors (Lipinski definition) is 0. The molecule has 1 nitrogen and oxygen atoms in total. The Balaban J connectivity index is 2.24. The zero-order chi connectivity index (χ0) is 13.0. The molecular formula is C15H12ClFO. The van der Waals surface area contributed by atoms with E-state index >= 15 is 0 Å². The lowest BCUT2D eigenvalue weighted by Crippen LogP contribution is -2.10. The maximum absolute atomic E-state index is 12.9. The first-order valence-corrected chi connectivity index (χ1v) is 6.03. The van der Waals surface area contributed by atoms with Crippen molar-refractivity contribution in [2.24, 2.45) is 0 Å². The zero-order valence-corrected chi connectivity index (χ0v) is 10.4. The van der Waals surface area contributed by atoms with Crippen LogP contribution in [-0.2, 0) is 11.2 Å². The molecule has 2 rings (SSSR count). The second-order valence-electron chi connectivity index (χ2n) is 4.10. The van der Waals surface area contributed by atoms with Gasteiger partial charge in [-0.15, -0.1) is 0 Å². The average molecular weight is 263 g/mol. The first-order chi connectivity index (χ1) is 8.66. The number of carbonyl (C=O) groups excluding carboxylic acids is 1. The van der Waals surface area contributed by atoms with Gasteiger partial charge in [0, 0.05) is 0 Å². The molecule has 0 spiro atoms. The van der Waals surface area contributed by atoms with Crippen molar-refractivity contribution in [1.29, 1.82) is 0 Å². The van der Waals surface area contributed by atoms with Gasteiger partial charge in [-0.3, -0.25) is 4.79 Å². The van der Waals surface area contributed by atoms with E-state index in [9.17, 15) is 9.18 Å². The van der Waals surface area contributed by atoms with E-state index in [1.807, 2.05) is 30.3 Å². The molecule has 3 heteroatoms. The molecule has 0 aliphatic carbocycles. The van der Waals surface area contributed by atoms with Gasteiger partial charge in [-0.1, -0.05) is 42.5 Å². The summed E-state index contributed by atoms with van der Waals surface area (Å²) in [7, 11) is 0. The standard InChI is InChI=1S/C15H12ClFO/c16-15(18)14(10-11-4-2-1-3-5-11)12-6-8-13(17)9-7-12/h1-9,14H,10H2. The minimum absolute atomic E-state index is 0.320. The molecule has 0 fully saturated rings. The highest BCUT2D eigenvalue weighted by molar-refractivity contribution is 6.64. The number of benzene rings is 2. The van der Waals surface area contributed by atoms with Crippen LogP contribution in [0.25, 0.3) is 0 Å². The molecule has 2 aromatic carbocycles. The van der Waals surface area contributed by atoms with Crippen LogP contribution in [0.3, 0.4) is 0 Å². The molecule has 1 atom stereocenters. The third-order valence-corrected chi connectivity index (χ3v) is 3.09. The Hall–Kier alpha value is -1.67. The molecule has 0 heterocycles. The number of rotatable bonds is 4. The second-order valence-corrected chi connectivity index (χ2v) is 4.47. The monoisotopic (exact) mass is 262 g/mol. The summed E-state index contributed by atoms with van der Waals surface area (Å²) in [5.74, 6) is -0.756. The fourth-order valence-corrected chi connectivity index (χ4v) is 2.08. The lowest BCUT2D eigenvalue weighted by Gasteiger charge is -2.13. The third kappa shape index (κ3) is 3.17. The van der Waals surface area contributed by atoms with Crippen LogP contribution < -0.4 is 0 Å². The van der Waals surface area contributed by atoms with Gasteiger partial charge >= 0.3 is 0 Å². The van der Waals surface area contributed by atoms with E-state index < -0.39 is 11.2 Å². The van der Waals surface area contributed by atoms with E-state index in [2.05, 4.69) is 0 Å². The molecule has 0 N–H and O–H groups in total. The first-order valence-electron chi connectivity index (χ1n) is 5.65. The van der Waals surface area contributed by atoms with Gasteiger partial charge in [0.15, 0.2) is 0 Å². The summed E-state index contributed by atoms with van der Waals surface area (Å²) in [5.41, 5.74) is 1.76. The van der Waals surface area contributed by atoms with Crippen LogP contribution in [0.2, 0.25) is 0 Å². The Morgan fingerprint density at radius 1 is 1.06 bits per heavy atom. The van der Waals surface area contributed by atoms with Crippen LogP contribution in [0.15, 0.2) is 54.6 Å². The second kappa shape index (κ2) is 5.78.